The summed E-state index contributed by atoms with van der Waals surface area (Å²) in [6.45, 7) is 6.19. The van der Waals surface area contributed by atoms with Crippen molar-refractivity contribution in [2.75, 3.05) is 52.0 Å². The smallest absolute Gasteiger partial charge is 0.411 e. The topological polar surface area (TPSA) is 130 Å². The Kier molecular flexibility index (Phi) is 8.55. The number of ether oxygens (including phenoxy) is 4. The van der Waals surface area contributed by atoms with Crippen LogP contribution in [0.5, 0.6) is 23.0 Å². The van der Waals surface area contributed by atoms with E-state index in [4.69, 9.17) is 18.9 Å². The normalized spacial score (nSPS) is 20.2. The average molecular weight is 619 g/mol. The van der Waals surface area contributed by atoms with Gasteiger partial charge in [-0.05, 0) is 50.7 Å². The molecule has 45 heavy (non-hydrogen) atoms. The highest BCUT2D eigenvalue weighted by Crippen LogP contribution is 2.40. The van der Waals surface area contributed by atoms with Crippen LogP contribution >= 0.6 is 0 Å². The number of hydrogen-bond donors (Lipinski definition) is 1. The lowest BCUT2D eigenvalue weighted by atomic mass is 10.1. The summed E-state index contributed by atoms with van der Waals surface area (Å²) >= 11 is 0. The van der Waals surface area contributed by atoms with Crippen molar-refractivity contribution in [3.05, 3.63) is 47.5 Å². The molecule has 238 valence electrons. The predicted molar refractivity (Wildman–Crippen MR) is 167 cm³/mol. The first kappa shape index (κ1) is 30.3. The van der Waals surface area contributed by atoms with Crippen molar-refractivity contribution in [3.8, 4) is 23.0 Å². The third-order valence-electron chi connectivity index (χ3n) is 8.82. The number of methoxy groups -OCH3 is 2. The van der Waals surface area contributed by atoms with Crippen LogP contribution in [-0.4, -0.2) is 98.2 Å². The maximum atomic E-state index is 13.3. The van der Waals surface area contributed by atoms with Crippen LogP contribution in [0.1, 0.15) is 59.2 Å². The first-order valence-electron chi connectivity index (χ1n) is 15.3. The molecule has 0 bridgehead atoms. The van der Waals surface area contributed by atoms with E-state index >= 15 is 0 Å². The van der Waals surface area contributed by atoms with Gasteiger partial charge < -0.3 is 33.9 Å². The molecule has 0 unspecified atom stereocenters. The second kappa shape index (κ2) is 12.7. The van der Waals surface area contributed by atoms with Crippen LogP contribution in [0.3, 0.4) is 0 Å². The summed E-state index contributed by atoms with van der Waals surface area (Å²) < 4.78 is 23.1. The molecular weight excluding hydrogens is 580 g/mol. The van der Waals surface area contributed by atoms with Crippen LogP contribution in [0.25, 0.3) is 0 Å². The quantitative estimate of drug-likeness (QED) is 0.293. The fraction of sp³-hybridized carbons (Fsp3) is 0.455. The van der Waals surface area contributed by atoms with Gasteiger partial charge in [-0.2, -0.15) is 0 Å². The number of rotatable bonds is 10. The minimum Gasteiger partial charge on any atom is -0.493 e. The third-order valence-corrected chi connectivity index (χ3v) is 8.82. The molecule has 0 aromatic heterocycles. The molecule has 3 amide bonds. The fourth-order valence-corrected chi connectivity index (χ4v) is 6.50. The van der Waals surface area contributed by atoms with Crippen LogP contribution in [0, 0.1) is 0 Å². The SMILES string of the molecule is C=C1C[C@@H]2C=Nc3cc(OCCCCCOc4cc5c(cc4OC)C(=O)N4CCC[C@@H]4CN5C(=O)O)c(OC)cc3C(=O)N2C1. The Labute approximate surface area is 261 Å². The van der Waals surface area contributed by atoms with E-state index in [0.717, 1.165) is 31.3 Å². The van der Waals surface area contributed by atoms with E-state index in [0.29, 0.717) is 84.6 Å². The highest BCUT2D eigenvalue weighted by Gasteiger charge is 2.39. The molecular formula is C33H38N4O8. The van der Waals surface area contributed by atoms with Crippen LogP contribution in [0.4, 0.5) is 16.2 Å². The summed E-state index contributed by atoms with van der Waals surface area (Å²) in [4.78, 5) is 48.0. The number of aliphatic imine (C=N–C) groups is 1. The first-order valence-corrected chi connectivity index (χ1v) is 15.3. The molecule has 12 heteroatoms. The summed E-state index contributed by atoms with van der Waals surface area (Å²) in [7, 11) is 3.04. The third kappa shape index (κ3) is 5.88. The molecule has 2 aromatic rings. The van der Waals surface area contributed by atoms with Crippen molar-refractivity contribution in [2.24, 2.45) is 4.99 Å². The summed E-state index contributed by atoms with van der Waals surface area (Å²) in [5.41, 5.74) is 2.67. The van der Waals surface area contributed by atoms with Gasteiger partial charge in [0.05, 0.1) is 62.0 Å². The Bertz CT molecular complexity index is 1560. The molecule has 2 atom stereocenters. The highest BCUT2D eigenvalue weighted by atomic mass is 16.5. The number of carbonyl (C=O) groups excluding carboxylic acids is 2. The lowest BCUT2D eigenvalue weighted by molar-refractivity contribution is 0.0745. The largest absolute Gasteiger partial charge is 0.493 e. The number of carbonyl (C=O) groups is 3. The zero-order chi connectivity index (χ0) is 31.7. The minimum absolute atomic E-state index is 0.0861. The molecule has 4 aliphatic heterocycles. The number of unbranched alkanes of at least 4 members (excludes halogenated alkanes) is 2. The fourth-order valence-electron chi connectivity index (χ4n) is 6.50. The van der Waals surface area contributed by atoms with Gasteiger partial charge in [-0.25, -0.2) is 4.79 Å². The van der Waals surface area contributed by atoms with Crippen molar-refractivity contribution in [1.82, 2.24) is 9.80 Å². The molecule has 1 N–H and O–H groups in total. The van der Waals surface area contributed by atoms with E-state index in [2.05, 4.69) is 11.6 Å². The summed E-state index contributed by atoms with van der Waals surface area (Å²) in [6.07, 6.45) is 5.29. The maximum absolute atomic E-state index is 13.3. The van der Waals surface area contributed by atoms with Gasteiger partial charge in [-0.15, -0.1) is 0 Å². The van der Waals surface area contributed by atoms with Crippen molar-refractivity contribution in [3.63, 3.8) is 0 Å². The van der Waals surface area contributed by atoms with E-state index in [-0.39, 0.29) is 30.4 Å². The molecule has 0 radical (unpaired) electrons. The number of nitrogens with zero attached hydrogens (tertiary/aromatic N) is 4. The van der Waals surface area contributed by atoms with E-state index < -0.39 is 6.09 Å². The van der Waals surface area contributed by atoms with Gasteiger partial charge in [0.1, 0.15) is 0 Å². The van der Waals surface area contributed by atoms with Crippen molar-refractivity contribution >= 4 is 35.5 Å². The number of benzene rings is 2. The lowest BCUT2D eigenvalue weighted by Crippen LogP contribution is -2.41. The first-order chi connectivity index (χ1) is 21.8. The van der Waals surface area contributed by atoms with Gasteiger partial charge in [0.2, 0.25) is 0 Å². The Morgan fingerprint density at radius 3 is 2.29 bits per heavy atom. The highest BCUT2D eigenvalue weighted by molar-refractivity contribution is 6.06. The van der Waals surface area contributed by atoms with Gasteiger partial charge in [-0.1, -0.05) is 12.2 Å². The van der Waals surface area contributed by atoms with Crippen molar-refractivity contribution in [1.29, 1.82) is 0 Å². The number of fused-ring (bicyclic) bond motifs is 4. The van der Waals surface area contributed by atoms with E-state index in [1.54, 1.807) is 47.4 Å². The maximum Gasteiger partial charge on any atom is 0.411 e. The molecule has 2 fully saturated rings. The molecule has 12 nitrogen and oxygen atoms in total. The van der Waals surface area contributed by atoms with E-state index in [1.807, 2.05) is 0 Å². The Morgan fingerprint density at radius 1 is 0.933 bits per heavy atom. The molecule has 0 spiro atoms. The number of carboxylic acid groups (broad SMARTS) is 1. The lowest BCUT2D eigenvalue weighted by Gasteiger charge is -2.24. The van der Waals surface area contributed by atoms with Crippen molar-refractivity contribution < 1.29 is 38.4 Å². The summed E-state index contributed by atoms with van der Waals surface area (Å²) in [5, 5.41) is 9.95. The van der Waals surface area contributed by atoms with Crippen LogP contribution < -0.4 is 23.8 Å². The standard InChI is InChI=1S/C33H38N4O8/c1-20-12-22-17-34-25-15-29(27(42-2)13-23(25)31(38)36(22)18-20)44-10-5-4-6-11-45-30-16-26-24(14-28(30)43-3)32(39)35-9-7-8-21(35)19-37(26)33(40)41/h13-17,21-22H,1,4-12,18-19H2,2-3H3,(H,40,41)/t21-,22-/m1/s1. The van der Waals surface area contributed by atoms with Gasteiger partial charge in [0, 0.05) is 38.0 Å². The zero-order valence-electron chi connectivity index (χ0n) is 25.6. The van der Waals surface area contributed by atoms with Crippen LogP contribution in [-0.2, 0) is 0 Å². The molecule has 4 aliphatic rings. The number of hydrogen-bond acceptors (Lipinski definition) is 8. The van der Waals surface area contributed by atoms with Gasteiger partial charge >= 0.3 is 6.09 Å². The molecule has 4 heterocycles. The minimum atomic E-state index is -1.11. The molecule has 2 saturated heterocycles. The molecule has 0 aliphatic carbocycles. The van der Waals surface area contributed by atoms with Gasteiger partial charge in [0.25, 0.3) is 11.8 Å². The Balaban J connectivity index is 1.05. The van der Waals surface area contributed by atoms with Crippen LogP contribution in [0.2, 0.25) is 0 Å². The van der Waals surface area contributed by atoms with E-state index in [9.17, 15) is 19.5 Å². The molecule has 2 aromatic carbocycles. The Morgan fingerprint density at radius 2 is 1.60 bits per heavy atom. The average Bonchev–Trinajstić information content (AvgIpc) is 3.61. The second-order valence-electron chi connectivity index (χ2n) is 11.7. The summed E-state index contributed by atoms with van der Waals surface area (Å²) in [5.74, 6) is 1.50. The second-order valence-corrected chi connectivity index (χ2v) is 11.7. The van der Waals surface area contributed by atoms with Gasteiger partial charge in [-0.3, -0.25) is 19.5 Å². The van der Waals surface area contributed by atoms with Crippen molar-refractivity contribution in [2.45, 2.75) is 50.6 Å². The number of amides is 3. The molecule has 0 saturated carbocycles. The van der Waals surface area contributed by atoms with Gasteiger partial charge in [0.15, 0.2) is 23.0 Å². The van der Waals surface area contributed by atoms with E-state index in [1.165, 1.54) is 12.0 Å². The Hall–Kier alpha value is -4.74. The monoisotopic (exact) mass is 618 g/mol. The molecule has 6 rings (SSSR count). The number of anilines is 1. The predicted octanol–water partition coefficient (Wildman–Crippen LogP) is 4.92. The zero-order valence-corrected chi connectivity index (χ0v) is 25.6. The summed E-state index contributed by atoms with van der Waals surface area (Å²) in [6, 6.07) is 6.41. The van der Waals surface area contributed by atoms with Crippen LogP contribution in [0.15, 0.2) is 41.4 Å².